The van der Waals surface area contributed by atoms with Gasteiger partial charge in [0.25, 0.3) is 5.56 Å². The summed E-state index contributed by atoms with van der Waals surface area (Å²) in [6, 6.07) is 9.28. The first-order chi connectivity index (χ1) is 10.5. The molecule has 0 unspecified atom stereocenters. The zero-order valence-electron chi connectivity index (χ0n) is 11.6. The molecule has 0 spiro atoms. The van der Waals surface area contributed by atoms with E-state index in [0.29, 0.717) is 22.0 Å². The Morgan fingerprint density at radius 1 is 1.00 bits per heavy atom. The van der Waals surface area contributed by atoms with Gasteiger partial charge in [-0.25, -0.2) is 8.78 Å². The Labute approximate surface area is 124 Å². The van der Waals surface area contributed by atoms with E-state index >= 15 is 0 Å². The number of nitrogens with one attached hydrogen (secondary N) is 1. The van der Waals surface area contributed by atoms with Crippen LogP contribution in [0.5, 0.6) is 0 Å². The number of hydrogen-bond acceptors (Lipinski definition) is 2. The maximum atomic E-state index is 13.6. The predicted octanol–water partition coefficient (Wildman–Crippen LogP) is 3.68. The molecule has 2 aromatic carbocycles. The van der Waals surface area contributed by atoms with Gasteiger partial charge in [0.2, 0.25) is 0 Å². The van der Waals surface area contributed by atoms with E-state index < -0.39 is 23.0 Å². The molecule has 0 bridgehead atoms. The van der Waals surface area contributed by atoms with Crippen molar-refractivity contribution in [1.82, 2.24) is 4.98 Å². The topological polar surface area (TPSA) is 49.9 Å². The Balaban J connectivity index is 2.49. The molecular weight excluding hydrogens is 288 g/mol. The number of carbonyl (C=O) groups excluding carboxylic acids is 1. The molecule has 3 nitrogen and oxygen atoms in total. The number of hydrogen-bond donors (Lipinski definition) is 1. The zero-order valence-corrected chi connectivity index (χ0v) is 11.6. The highest BCUT2D eigenvalue weighted by atomic mass is 19.1. The van der Waals surface area contributed by atoms with Crippen molar-refractivity contribution in [3.8, 4) is 11.1 Å². The first-order valence-corrected chi connectivity index (χ1v) is 6.60. The number of aromatic amines is 1. The van der Waals surface area contributed by atoms with E-state index in [0.717, 1.165) is 0 Å². The molecule has 1 heterocycles. The Bertz CT molecular complexity index is 943. The zero-order chi connectivity index (χ0) is 15.9. The van der Waals surface area contributed by atoms with Crippen LogP contribution >= 0.6 is 0 Å². The van der Waals surface area contributed by atoms with Crippen LogP contribution in [-0.4, -0.2) is 10.8 Å². The highest BCUT2D eigenvalue weighted by Gasteiger charge is 2.18. The molecule has 0 amide bonds. The molecule has 1 N–H and O–H groups in total. The summed E-state index contributed by atoms with van der Waals surface area (Å²) in [5, 5.41) is 0.399. The minimum Gasteiger partial charge on any atom is -0.321 e. The van der Waals surface area contributed by atoms with Gasteiger partial charge in [0.1, 0.15) is 11.6 Å². The summed E-state index contributed by atoms with van der Waals surface area (Å²) in [5.74, 6) is -1.36. The number of Topliss-reactive ketones (excluding diaryl/α,β-unsaturated/α-hetero) is 1. The fourth-order valence-electron chi connectivity index (χ4n) is 2.52. The number of pyridine rings is 1. The molecule has 0 atom stereocenters. The lowest BCUT2D eigenvalue weighted by Crippen LogP contribution is -2.18. The Morgan fingerprint density at radius 2 is 1.64 bits per heavy atom. The second-order valence-electron chi connectivity index (χ2n) is 4.96. The molecule has 0 radical (unpaired) electrons. The lowest BCUT2D eigenvalue weighted by molar-refractivity contribution is 0.101. The van der Waals surface area contributed by atoms with Gasteiger partial charge < -0.3 is 4.98 Å². The van der Waals surface area contributed by atoms with Crippen molar-refractivity contribution in [3.05, 3.63) is 70.0 Å². The normalized spacial score (nSPS) is 10.9. The number of ketones is 1. The average molecular weight is 299 g/mol. The highest BCUT2D eigenvalue weighted by molar-refractivity contribution is 6.08. The van der Waals surface area contributed by atoms with Crippen molar-refractivity contribution in [3.63, 3.8) is 0 Å². The minimum atomic E-state index is -0.550. The van der Waals surface area contributed by atoms with Crippen LogP contribution in [0.25, 0.3) is 22.0 Å². The lowest BCUT2D eigenvalue weighted by atomic mass is 9.94. The van der Waals surface area contributed by atoms with E-state index in [4.69, 9.17) is 0 Å². The molecule has 22 heavy (non-hydrogen) atoms. The fraction of sp³-hybridized carbons (Fsp3) is 0.0588. The van der Waals surface area contributed by atoms with Crippen LogP contribution in [0.3, 0.4) is 0 Å². The van der Waals surface area contributed by atoms with E-state index in [2.05, 4.69) is 4.98 Å². The summed E-state index contributed by atoms with van der Waals surface area (Å²) in [6.07, 6.45) is 0. The van der Waals surface area contributed by atoms with Gasteiger partial charge in [0.05, 0.1) is 5.56 Å². The standard InChI is InChI=1S/C17H11F2NO2/c1-9(21)15-16(10-2-4-11(18)5-3-10)13-8-12(19)6-7-14(13)20-17(15)22/h2-8H,1H3,(H,20,22). The smallest absolute Gasteiger partial charge is 0.259 e. The lowest BCUT2D eigenvalue weighted by Gasteiger charge is -2.11. The van der Waals surface area contributed by atoms with Crippen LogP contribution in [0.2, 0.25) is 0 Å². The van der Waals surface area contributed by atoms with Gasteiger partial charge in [0.15, 0.2) is 5.78 Å². The summed E-state index contributed by atoms with van der Waals surface area (Å²) in [7, 11) is 0. The van der Waals surface area contributed by atoms with Gasteiger partial charge in [-0.15, -0.1) is 0 Å². The third kappa shape index (κ3) is 2.30. The molecule has 110 valence electrons. The Hall–Kier alpha value is -2.82. The van der Waals surface area contributed by atoms with Gasteiger partial charge in [-0.1, -0.05) is 12.1 Å². The van der Waals surface area contributed by atoms with Crippen molar-refractivity contribution in [2.45, 2.75) is 6.92 Å². The maximum Gasteiger partial charge on any atom is 0.259 e. The molecule has 0 aliphatic heterocycles. The van der Waals surface area contributed by atoms with E-state index in [1.54, 1.807) is 0 Å². The largest absolute Gasteiger partial charge is 0.321 e. The molecule has 0 saturated heterocycles. The number of carbonyl (C=O) groups is 1. The first-order valence-electron chi connectivity index (χ1n) is 6.60. The Kier molecular flexibility index (Phi) is 3.33. The van der Waals surface area contributed by atoms with E-state index in [1.807, 2.05) is 0 Å². The molecule has 5 heteroatoms. The molecule has 0 fully saturated rings. The minimum absolute atomic E-state index is 0.0651. The maximum absolute atomic E-state index is 13.6. The Morgan fingerprint density at radius 3 is 2.27 bits per heavy atom. The second-order valence-corrected chi connectivity index (χ2v) is 4.96. The van der Waals surface area contributed by atoms with Crippen LogP contribution in [0.4, 0.5) is 8.78 Å². The number of fused-ring (bicyclic) bond motifs is 1. The van der Waals surface area contributed by atoms with E-state index in [1.165, 1.54) is 49.4 Å². The van der Waals surface area contributed by atoms with Gasteiger partial charge in [-0.2, -0.15) is 0 Å². The van der Waals surface area contributed by atoms with Gasteiger partial charge >= 0.3 is 0 Å². The summed E-state index contributed by atoms with van der Waals surface area (Å²) in [6.45, 7) is 1.27. The molecule has 0 aliphatic rings. The van der Waals surface area contributed by atoms with Gasteiger partial charge in [0, 0.05) is 16.5 Å². The molecule has 3 rings (SSSR count). The van der Waals surface area contributed by atoms with Crippen molar-refractivity contribution in [1.29, 1.82) is 0 Å². The van der Waals surface area contributed by atoms with Crippen LogP contribution in [0.15, 0.2) is 47.3 Å². The first kappa shape index (κ1) is 14.1. The molecule has 0 saturated carbocycles. The average Bonchev–Trinajstić information content (AvgIpc) is 2.47. The van der Waals surface area contributed by atoms with Crippen LogP contribution in [0.1, 0.15) is 17.3 Å². The van der Waals surface area contributed by atoms with Crippen LogP contribution < -0.4 is 5.56 Å². The monoisotopic (exact) mass is 299 g/mol. The SMILES string of the molecule is CC(=O)c1c(-c2ccc(F)cc2)c2cc(F)ccc2[nH]c1=O. The van der Waals surface area contributed by atoms with Crippen molar-refractivity contribution in [2.24, 2.45) is 0 Å². The molecular formula is C17H11F2NO2. The van der Waals surface area contributed by atoms with Crippen molar-refractivity contribution in [2.75, 3.05) is 0 Å². The van der Waals surface area contributed by atoms with Crippen molar-refractivity contribution < 1.29 is 13.6 Å². The van der Waals surface area contributed by atoms with Crippen LogP contribution in [0, 0.1) is 11.6 Å². The molecule has 1 aromatic heterocycles. The highest BCUT2D eigenvalue weighted by Crippen LogP contribution is 2.30. The number of benzene rings is 2. The third-order valence-corrected chi connectivity index (χ3v) is 3.46. The van der Waals surface area contributed by atoms with Gasteiger partial charge in [-0.05, 0) is 42.8 Å². The van der Waals surface area contributed by atoms with Crippen LogP contribution in [-0.2, 0) is 0 Å². The van der Waals surface area contributed by atoms with E-state index in [9.17, 15) is 18.4 Å². The molecule has 0 aliphatic carbocycles. The summed E-state index contributed by atoms with van der Waals surface area (Å²) >= 11 is 0. The summed E-state index contributed by atoms with van der Waals surface area (Å²) in [5.41, 5.74) is 0.588. The third-order valence-electron chi connectivity index (χ3n) is 3.46. The number of aromatic nitrogens is 1. The number of H-pyrrole nitrogens is 1. The quantitative estimate of drug-likeness (QED) is 0.734. The molecule has 3 aromatic rings. The number of halogens is 2. The van der Waals surface area contributed by atoms with Crippen molar-refractivity contribution >= 4 is 16.7 Å². The second kappa shape index (κ2) is 5.18. The van der Waals surface area contributed by atoms with E-state index in [-0.39, 0.29) is 5.56 Å². The number of rotatable bonds is 2. The summed E-state index contributed by atoms with van der Waals surface area (Å²) in [4.78, 5) is 26.6. The van der Waals surface area contributed by atoms with Gasteiger partial charge in [-0.3, -0.25) is 9.59 Å². The summed E-state index contributed by atoms with van der Waals surface area (Å²) < 4.78 is 26.7. The fourth-order valence-corrected chi connectivity index (χ4v) is 2.52. The predicted molar refractivity (Wildman–Crippen MR) is 79.9 cm³/mol.